The highest BCUT2D eigenvalue weighted by Crippen LogP contribution is 2.26. The third kappa shape index (κ3) is 3.06. The van der Waals surface area contributed by atoms with E-state index in [1.165, 1.54) is 31.5 Å². The minimum Gasteiger partial charge on any atom is -0.322 e. The predicted molar refractivity (Wildman–Crippen MR) is 70.6 cm³/mol. The zero-order valence-electron chi connectivity index (χ0n) is 11.1. The van der Waals surface area contributed by atoms with Crippen LogP contribution in [0.5, 0.6) is 0 Å². The molecule has 1 aromatic heterocycles. The number of hydrogen-bond donors (Lipinski definition) is 1. The van der Waals surface area contributed by atoms with Gasteiger partial charge in [0.15, 0.2) is 0 Å². The van der Waals surface area contributed by atoms with E-state index in [0.29, 0.717) is 5.92 Å². The van der Waals surface area contributed by atoms with Crippen molar-refractivity contribution in [1.29, 1.82) is 0 Å². The summed E-state index contributed by atoms with van der Waals surface area (Å²) in [5.41, 5.74) is 6.95. The largest absolute Gasteiger partial charge is 0.322 e. The third-order valence-corrected chi connectivity index (χ3v) is 3.98. The van der Waals surface area contributed by atoms with Gasteiger partial charge in [-0.1, -0.05) is 13.3 Å². The van der Waals surface area contributed by atoms with Gasteiger partial charge in [0.25, 0.3) is 0 Å². The standard InChI is InChI=1S/C14H22FN3/c1-10(9-18(2)12-4-3-5-12)14(16)13-7-6-11(15)8-17-13/h6-8,10,12,14H,3-5,9,16H2,1-2H3. The average Bonchev–Trinajstić information content (AvgIpc) is 2.26. The van der Waals surface area contributed by atoms with Crippen LogP contribution in [0.1, 0.15) is 37.9 Å². The number of pyridine rings is 1. The van der Waals surface area contributed by atoms with Crippen LogP contribution in [0.4, 0.5) is 4.39 Å². The summed E-state index contributed by atoms with van der Waals surface area (Å²) < 4.78 is 12.8. The smallest absolute Gasteiger partial charge is 0.141 e. The first kappa shape index (κ1) is 13.4. The van der Waals surface area contributed by atoms with Gasteiger partial charge < -0.3 is 10.6 Å². The van der Waals surface area contributed by atoms with Crippen molar-refractivity contribution < 1.29 is 4.39 Å². The van der Waals surface area contributed by atoms with E-state index in [1.807, 2.05) is 0 Å². The van der Waals surface area contributed by atoms with Crippen molar-refractivity contribution in [1.82, 2.24) is 9.88 Å². The van der Waals surface area contributed by atoms with Crippen molar-refractivity contribution in [3.05, 3.63) is 29.8 Å². The fraction of sp³-hybridized carbons (Fsp3) is 0.643. The van der Waals surface area contributed by atoms with Gasteiger partial charge in [0.2, 0.25) is 0 Å². The summed E-state index contributed by atoms with van der Waals surface area (Å²) in [7, 11) is 2.16. The summed E-state index contributed by atoms with van der Waals surface area (Å²) in [5, 5.41) is 0. The quantitative estimate of drug-likeness (QED) is 0.873. The van der Waals surface area contributed by atoms with Gasteiger partial charge in [0.1, 0.15) is 5.82 Å². The van der Waals surface area contributed by atoms with Crippen LogP contribution in [0.25, 0.3) is 0 Å². The van der Waals surface area contributed by atoms with E-state index in [-0.39, 0.29) is 11.9 Å². The Morgan fingerprint density at radius 3 is 2.72 bits per heavy atom. The molecule has 2 rings (SSSR count). The van der Waals surface area contributed by atoms with Gasteiger partial charge in [-0.05, 0) is 37.9 Å². The van der Waals surface area contributed by atoms with Gasteiger partial charge >= 0.3 is 0 Å². The van der Waals surface area contributed by atoms with E-state index in [1.54, 1.807) is 6.07 Å². The van der Waals surface area contributed by atoms with Crippen LogP contribution in [0.2, 0.25) is 0 Å². The van der Waals surface area contributed by atoms with Crippen LogP contribution in [0.15, 0.2) is 18.3 Å². The summed E-state index contributed by atoms with van der Waals surface area (Å²) in [6, 6.07) is 3.69. The molecule has 0 aliphatic heterocycles. The molecule has 100 valence electrons. The predicted octanol–water partition coefficient (Wildman–Crippen LogP) is 2.34. The lowest BCUT2D eigenvalue weighted by molar-refractivity contribution is 0.134. The highest BCUT2D eigenvalue weighted by molar-refractivity contribution is 5.10. The molecule has 2 N–H and O–H groups in total. The second kappa shape index (κ2) is 5.76. The Morgan fingerprint density at radius 2 is 2.22 bits per heavy atom. The number of rotatable bonds is 5. The lowest BCUT2D eigenvalue weighted by Gasteiger charge is -2.37. The Balaban J connectivity index is 1.91. The van der Waals surface area contributed by atoms with Crippen LogP contribution in [-0.4, -0.2) is 29.5 Å². The molecule has 1 aromatic rings. The van der Waals surface area contributed by atoms with Gasteiger partial charge in [-0.3, -0.25) is 4.98 Å². The Morgan fingerprint density at radius 1 is 1.50 bits per heavy atom. The average molecular weight is 251 g/mol. The third-order valence-electron chi connectivity index (χ3n) is 3.98. The maximum absolute atomic E-state index is 12.8. The first-order valence-corrected chi connectivity index (χ1v) is 6.65. The maximum atomic E-state index is 12.8. The fourth-order valence-corrected chi connectivity index (χ4v) is 2.42. The van der Waals surface area contributed by atoms with Crippen LogP contribution < -0.4 is 5.73 Å². The maximum Gasteiger partial charge on any atom is 0.141 e. The minimum atomic E-state index is -0.315. The summed E-state index contributed by atoms with van der Waals surface area (Å²) in [6.07, 6.45) is 5.17. The molecule has 0 radical (unpaired) electrons. The molecule has 1 aliphatic rings. The van der Waals surface area contributed by atoms with Crippen molar-refractivity contribution >= 4 is 0 Å². The molecule has 4 heteroatoms. The lowest BCUT2D eigenvalue weighted by Crippen LogP contribution is -2.41. The molecule has 1 fully saturated rings. The molecule has 0 aromatic carbocycles. The summed E-state index contributed by atoms with van der Waals surface area (Å²) in [4.78, 5) is 6.45. The molecular weight excluding hydrogens is 229 g/mol. The molecule has 0 spiro atoms. The zero-order valence-corrected chi connectivity index (χ0v) is 11.1. The number of nitrogens with two attached hydrogens (primary N) is 1. The highest BCUT2D eigenvalue weighted by atomic mass is 19.1. The molecule has 2 unspecified atom stereocenters. The fourth-order valence-electron chi connectivity index (χ4n) is 2.42. The molecule has 1 saturated carbocycles. The van der Waals surface area contributed by atoms with Gasteiger partial charge in [-0.2, -0.15) is 0 Å². The molecule has 2 atom stereocenters. The lowest BCUT2D eigenvalue weighted by atomic mass is 9.90. The van der Waals surface area contributed by atoms with E-state index in [4.69, 9.17) is 5.73 Å². The number of nitrogens with zero attached hydrogens (tertiary/aromatic N) is 2. The van der Waals surface area contributed by atoms with Gasteiger partial charge in [0.05, 0.1) is 17.9 Å². The van der Waals surface area contributed by atoms with Crippen LogP contribution in [0, 0.1) is 11.7 Å². The van der Waals surface area contributed by atoms with Crippen molar-refractivity contribution in [2.45, 2.75) is 38.3 Å². The number of halogens is 1. The normalized spacial score (nSPS) is 19.6. The van der Waals surface area contributed by atoms with Crippen LogP contribution in [0.3, 0.4) is 0 Å². The van der Waals surface area contributed by atoms with E-state index in [2.05, 4.69) is 23.9 Å². The summed E-state index contributed by atoms with van der Waals surface area (Å²) >= 11 is 0. The number of hydrogen-bond acceptors (Lipinski definition) is 3. The molecule has 1 aliphatic carbocycles. The van der Waals surface area contributed by atoms with Gasteiger partial charge in [-0.15, -0.1) is 0 Å². The van der Waals surface area contributed by atoms with E-state index in [9.17, 15) is 4.39 Å². The Labute approximate surface area is 108 Å². The van der Waals surface area contributed by atoms with Crippen molar-refractivity contribution in [2.24, 2.45) is 11.7 Å². The summed E-state index contributed by atoms with van der Waals surface area (Å²) in [6.45, 7) is 3.09. The van der Waals surface area contributed by atoms with Gasteiger partial charge in [-0.25, -0.2) is 4.39 Å². The molecule has 1 heterocycles. The molecule has 0 bridgehead atoms. The molecule has 18 heavy (non-hydrogen) atoms. The SMILES string of the molecule is CC(CN(C)C1CCC1)C(N)c1ccc(F)cn1. The Kier molecular flexibility index (Phi) is 4.30. The van der Waals surface area contributed by atoms with Crippen molar-refractivity contribution in [3.63, 3.8) is 0 Å². The van der Waals surface area contributed by atoms with Crippen molar-refractivity contribution in [2.75, 3.05) is 13.6 Å². The minimum absolute atomic E-state index is 0.131. The van der Waals surface area contributed by atoms with Crippen molar-refractivity contribution in [3.8, 4) is 0 Å². The topological polar surface area (TPSA) is 42.1 Å². The zero-order chi connectivity index (χ0) is 13.1. The first-order chi connectivity index (χ1) is 8.58. The Bertz CT molecular complexity index is 375. The molecule has 0 saturated heterocycles. The van der Waals surface area contributed by atoms with E-state index >= 15 is 0 Å². The van der Waals surface area contributed by atoms with Crippen LogP contribution in [-0.2, 0) is 0 Å². The molecule has 0 amide bonds. The monoisotopic (exact) mass is 251 g/mol. The van der Waals surface area contributed by atoms with E-state index < -0.39 is 0 Å². The second-order valence-corrected chi connectivity index (χ2v) is 5.43. The number of aromatic nitrogens is 1. The highest BCUT2D eigenvalue weighted by Gasteiger charge is 2.25. The van der Waals surface area contributed by atoms with Gasteiger partial charge in [0, 0.05) is 12.6 Å². The van der Waals surface area contributed by atoms with Crippen LogP contribution >= 0.6 is 0 Å². The second-order valence-electron chi connectivity index (χ2n) is 5.43. The molecule has 3 nitrogen and oxygen atoms in total. The summed E-state index contributed by atoms with van der Waals surface area (Å²) in [5.74, 6) is -0.00116. The molecular formula is C14H22FN3. The van der Waals surface area contributed by atoms with E-state index in [0.717, 1.165) is 18.3 Å². The Hall–Kier alpha value is -1.00. The first-order valence-electron chi connectivity index (χ1n) is 6.65.